The maximum Gasteiger partial charge on any atom is 0.314 e. The third kappa shape index (κ3) is 12.0. The predicted molar refractivity (Wildman–Crippen MR) is 66.6 cm³/mol. The van der Waals surface area contributed by atoms with Crippen LogP contribution in [0.1, 0.15) is 58.3 Å². The van der Waals surface area contributed by atoms with E-state index in [4.69, 9.17) is 23.2 Å². The molecule has 0 saturated carbocycles. The number of halogens is 2. The first-order valence-corrected chi connectivity index (χ1v) is 6.58. The smallest absolute Gasteiger partial charge is 0.314 e. The largest absolute Gasteiger partial charge is 0.326 e. The summed E-state index contributed by atoms with van der Waals surface area (Å²) < 4.78 is 0. The van der Waals surface area contributed by atoms with Gasteiger partial charge in [0.15, 0.2) is 0 Å². The first-order valence-electron chi connectivity index (χ1n) is 5.77. The lowest BCUT2D eigenvalue weighted by Gasteiger charge is -2.08. The first-order chi connectivity index (χ1) is 7.16. The lowest BCUT2D eigenvalue weighted by atomic mass is 10.1. The molecule has 4 heteroatoms. The number of nitrogens with one attached hydrogen (secondary N) is 1. The van der Waals surface area contributed by atoms with Crippen LogP contribution in [0, 0.1) is 0 Å². The number of rotatable bonds is 9. The van der Waals surface area contributed by atoms with Crippen molar-refractivity contribution in [2.45, 2.75) is 63.8 Å². The van der Waals surface area contributed by atoms with Crippen molar-refractivity contribution in [2.24, 2.45) is 0 Å². The van der Waals surface area contributed by atoms with Crippen LogP contribution in [-0.2, 0) is 0 Å². The van der Waals surface area contributed by atoms with Crippen molar-refractivity contribution in [3.63, 3.8) is 0 Å². The highest BCUT2D eigenvalue weighted by atomic mass is 35.5. The van der Waals surface area contributed by atoms with E-state index < -0.39 is 5.37 Å². The number of unbranched alkanes of at least 4 members (excludes halogenated alkanes) is 6. The van der Waals surface area contributed by atoms with Crippen molar-refractivity contribution in [1.29, 1.82) is 0 Å². The van der Waals surface area contributed by atoms with Gasteiger partial charge in [0, 0.05) is 0 Å². The fourth-order valence-electron chi connectivity index (χ4n) is 1.48. The monoisotopic (exact) mass is 253 g/mol. The maximum atomic E-state index is 10.4. The Kier molecular flexibility index (Phi) is 10.6. The van der Waals surface area contributed by atoms with E-state index in [9.17, 15) is 4.79 Å². The molecule has 0 bridgehead atoms. The Morgan fingerprint density at radius 3 is 2.20 bits per heavy atom. The Labute approximate surface area is 103 Å². The summed E-state index contributed by atoms with van der Waals surface area (Å²) in [6.07, 6.45) is 9.56. The Morgan fingerprint density at radius 1 is 1.13 bits per heavy atom. The standard InChI is InChI=1S/C11H21Cl2NO/c1-2-3-4-5-6-7-8-9-10(12)14-11(13)15/h10H,2-9H2,1H3,(H,14,15). The molecule has 1 unspecified atom stereocenters. The lowest BCUT2D eigenvalue weighted by Crippen LogP contribution is -2.25. The number of hydrogen-bond acceptors (Lipinski definition) is 1. The molecule has 0 fully saturated rings. The van der Waals surface area contributed by atoms with Gasteiger partial charge in [-0.25, -0.2) is 0 Å². The fourth-order valence-corrected chi connectivity index (χ4v) is 1.92. The first kappa shape index (κ1) is 15.0. The minimum atomic E-state index is -0.571. The van der Waals surface area contributed by atoms with Crippen molar-refractivity contribution in [3.05, 3.63) is 0 Å². The SMILES string of the molecule is CCCCCCCCCC(Cl)NC(=O)Cl. The van der Waals surface area contributed by atoms with Gasteiger partial charge in [-0.3, -0.25) is 4.79 Å². The van der Waals surface area contributed by atoms with Crippen molar-refractivity contribution < 1.29 is 4.79 Å². The number of carbonyl (C=O) groups is 1. The molecule has 0 radical (unpaired) electrons. The zero-order chi connectivity index (χ0) is 11.5. The third-order valence-electron chi connectivity index (χ3n) is 2.33. The molecule has 0 aromatic rings. The molecule has 0 rings (SSSR count). The highest BCUT2D eigenvalue weighted by Crippen LogP contribution is 2.11. The van der Waals surface area contributed by atoms with Gasteiger partial charge in [0.2, 0.25) is 0 Å². The van der Waals surface area contributed by atoms with E-state index in [1.807, 2.05) is 0 Å². The van der Waals surface area contributed by atoms with Crippen LogP contribution in [0.25, 0.3) is 0 Å². The van der Waals surface area contributed by atoms with Crippen LogP contribution in [0.4, 0.5) is 4.79 Å². The van der Waals surface area contributed by atoms with Gasteiger partial charge >= 0.3 is 5.37 Å². The van der Waals surface area contributed by atoms with E-state index in [1.54, 1.807) is 0 Å². The quantitative estimate of drug-likeness (QED) is 0.276. The second-order valence-electron chi connectivity index (χ2n) is 3.80. The van der Waals surface area contributed by atoms with Gasteiger partial charge < -0.3 is 5.32 Å². The highest BCUT2D eigenvalue weighted by molar-refractivity contribution is 6.63. The van der Waals surface area contributed by atoms with E-state index in [0.29, 0.717) is 0 Å². The molecule has 0 aliphatic heterocycles. The van der Waals surface area contributed by atoms with Crippen LogP contribution >= 0.6 is 23.2 Å². The molecule has 15 heavy (non-hydrogen) atoms. The average molecular weight is 254 g/mol. The molecular weight excluding hydrogens is 233 g/mol. The molecule has 1 amide bonds. The van der Waals surface area contributed by atoms with Gasteiger partial charge in [0.05, 0.1) is 0 Å². The Balaban J connectivity index is 3.13. The summed E-state index contributed by atoms with van der Waals surface area (Å²) in [5.41, 5.74) is -0.314. The van der Waals surface area contributed by atoms with Crippen LogP contribution in [0.15, 0.2) is 0 Å². The van der Waals surface area contributed by atoms with Crippen LogP contribution < -0.4 is 5.32 Å². The van der Waals surface area contributed by atoms with E-state index in [2.05, 4.69) is 12.2 Å². The zero-order valence-electron chi connectivity index (χ0n) is 9.40. The molecule has 1 atom stereocenters. The second-order valence-corrected chi connectivity index (χ2v) is 4.67. The van der Waals surface area contributed by atoms with Crippen LogP contribution in [0.5, 0.6) is 0 Å². The molecule has 1 N–H and O–H groups in total. The zero-order valence-corrected chi connectivity index (χ0v) is 10.9. The summed E-state index contributed by atoms with van der Waals surface area (Å²) in [6.45, 7) is 2.22. The summed E-state index contributed by atoms with van der Waals surface area (Å²) in [5.74, 6) is 0. The fraction of sp³-hybridized carbons (Fsp3) is 0.909. The number of carbonyl (C=O) groups excluding carboxylic acids is 1. The van der Waals surface area contributed by atoms with Gasteiger partial charge in [-0.2, -0.15) is 0 Å². The molecule has 0 aromatic carbocycles. The van der Waals surface area contributed by atoms with Crippen molar-refractivity contribution in [3.8, 4) is 0 Å². The van der Waals surface area contributed by atoms with Crippen molar-refractivity contribution in [1.82, 2.24) is 5.32 Å². The normalized spacial score (nSPS) is 12.5. The molecule has 0 heterocycles. The van der Waals surface area contributed by atoms with Gasteiger partial charge in [-0.15, -0.1) is 0 Å². The van der Waals surface area contributed by atoms with Crippen LogP contribution in [-0.4, -0.2) is 10.9 Å². The second kappa shape index (κ2) is 10.6. The number of hydrogen-bond donors (Lipinski definition) is 1. The molecule has 2 nitrogen and oxygen atoms in total. The number of alkyl halides is 1. The molecule has 0 aliphatic carbocycles. The van der Waals surface area contributed by atoms with E-state index in [0.717, 1.165) is 12.8 Å². The predicted octanol–water partition coefficient (Wildman–Crippen LogP) is 4.64. The lowest BCUT2D eigenvalue weighted by molar-refractivity contribution is 0.258. The molecular formula is C11H21Cl2NO. The summed E-state index contributed by atoms with van der Waals surface area (Å²) in [4.78, 5) is 10.4. The van der Waals surface area contributed by atoms with Crippen LogP contribution in [0.3, 0.4) is 0 Å². The van der Waals surface area contributed by atoms with E-state index >= 15 is 0 Å². The Morgan fingerprint density at radius 2 is 1.67 bits per heavy atom. The molecule has 0 aliphatic rings. The summed E-state index contributed by atoms with van der Waals surface area (Å²) >= 11 is 11.0. The highest BCUT2D eigenvalue weighted by Gasteiger charge is 2.05. The van der Waals surface area contributed by atoms with Crippen molar-refractivity contribution in [2.75, 3.05) is 0 Å². The Hall–Kier alpha value is 0.0500. The van der Waals surface area contributed by atoms with Crippen LogP contribution in [0.2, 0.25) is 0 Å². The summed E-state index contributed by atoms with van der Waals surface area (Å²) in [7, 11) is 0. The number of amides is 1. The maximum absolute atomic E-state index is 10.4. The molecule has 90 valence electrons. The summed E-state index contributed by atoms with van der Waals surface area (Å²) in [5, 5.41) is 1.87. The molecule has 0 spiro atoms. The van der Waals surface area contributed by atoms with Gasteiger partial charge in [-0.05, 0) is 18.0 Å². The molecule has 0 aromatic heterocycles. The topological polar surface area (TPSA) is 29.1 Å². The van der Waals surface area contributed by atoms with Gasteiger partial charge in [0.1, 0.15) is 5.50 Å². The van der Waals surface area contributed by atoms with Gasteiger partial charge in [0.25, 0.3) is 0 Å². The minimum absolute atomic E-state index is 0.314. The summed E-state index contributed by atoms with van der Waals surface area (Å²) in [6, 6.07) is 0. The minimum Gasteiger partial charge on any atom is -0.326 e. The Bertz CT molecular complexity index is 165. The third-order valence-corrected chi connectivity index (χ3v) is 2.77. The van der Waals surface area contributed by atoms with E-state index in [-0.39, 0.29) is 5.50 Å². The van der Waals surface area contributed by atoms with Crippen molar-refractivity contribution >= 4 is 28.6 Å². The average Bonchev–Trinajstić information content (AvgIpc) is 2.15. The van der Waals surface area contributed by atoms with Gasteiger partial charge in [-0.1, -0.05) is 63.5 Å². The van der Waals surface area contributed by atoms with E-state index in [1.165, 1.54) is 38.5 Å². The molecule has 0 saturated heterocycles.